The molecule has 20 heavy (non-hydrogen) atoms. The molecule has 0 saturated carbocycles. The number of hydrogen-bond donors (Lipinski definition) is 1. The van der Waals surface area contributed by atoms with E-state index in [1.54, 1.807) is 20.2 Å². The Kier molecular flexibility index (Phi) is 4.35. The number of ether oxygens (including phenoxy) is 1. The zero-order valence-corrected chi connectivity index (χ0v) is 11.7. The topological polar surface area (TPSA) is 21.3 Å². The van der Waals surface area contributed by atoms with Crippen LogP contribution in [0.1, 0.15) is 22.7 Å². The van der Waals surface area contributed by atoms with Crippen molar-refractivity contribution in [2.75, 3.05) is 14.2 Å². The second-order valence-corrected chi connectivity index (χ2v) is 4.59. The number of nitrogens with one attached hydrogen (secondary N) is 1. The average Bonchev–Trinajstić information content (AvgIpc) is 2.45. The Morgan fingerprint density at radius 1 is 1.10 bits per heavy atom. The van der Waals surface area contributed by atoms with Crippen molar-refractivity contribution >= 4 is 0 Å². The SMILES string of the molecule is CNC(c1ccc(OC)cc1C)c1cccc(F)c1F. The molecule has 0 amide bonds. The van der Waals surface area contributed by atoms with Crippen LogP contribution in [0.4, 0.5) is 8.78 Å². The maximum absolute atomic E-state index is 14.0. The van der Waals surface area contributed by atoms with Crippen molar-refractivity contribution in [2.24, 2.45) is 0 Å². The van der Waals surface area contributed by atoms with Crippen molar-refractivity contribution in [3.05, 3.63) is 64.7 Å². The van der Waals surface area contributed by atoms with Crippen LogP contribution in [-0.2, 0) is 0 Å². The van der Waals surface area contributed by atoms with E-state index >= 15 is 0 Å². The van der Waals surface area contributed by atoms with Crippen LogP contribution in [0.5, 0.6) is 5.75 Å². The lowest BCUT2D eigenvalue weighted by Crippen LogP contribution is -2.20. The largest absolute Gasteiger partial charge is 0.497 e. The summed E-state index contributed by atoms with van der Waals surface area (Å²) in [5, 5.41) is 3.03. The van der Waals surface area contributed by atoms with Crippen LogP contribution in [0, 0.1) is 18.6 Å². The quantitative estimate of drug-likeness (QED) is 0.922. The summed E-state index contributed by atoms with van der Waals surface area (Å²) in [5.41, 5.74) is 2.13. The van der Waals surface area contributed by atoms with Crippen molar-refractivity contribution < 1.29 is 13.5 Å². The number of methoxy groups -OCH3 is 1. The number of hydrogen-bond acceptors (Lipinski definition) is 2. The Balaban J connectivity index is 2.50. The Labute approximate surface area is 117 Å². The molecule has 0 fully saturated rings. The van der Waals surface area contributed by atoms with E-state index in [0.29, 0.717) is 5.56 Å². The lowest BCUT2D eigenvalue weighted by Gasteiger charge is -2.20. The summed E-state index contributed by atoms with van der Waals surface area (Å²) in [7, 11) is 3.31. The summed E-state index contributed by atoms with van der Waals surface area (Å²) in [4.78, 5) is 0. The predicted octanol–water partition coefficient (Wildman–Crippen LogP) is 3.59. The maximum Gasteiger partial charge on any atom is 0.163 e. The lowest BCUT2D eigenvalue weighted by molar-refractivity contribution is 0.414. The summed E-state index contributed by atoms with van der Waals surface area (Å²) in [5.74, 6) is -0.920. The van der Waals surface area contributed by atoms with Crippen molar-refractivity contribution in [1.82, 2.24) is 5.32 Å². The first-order chi connectivity index (χ1) is 9.58. The first kappa shape index (κ1) is 14.5. The van der Waals surface area contributed by atoms with Crippen molar-refractivity contribution in [3.8, 4) is 5.75 Å². The van der Waals surface area contributed by atoms with Gasteiger partial charge < -0.3 is 10.1 Å². The van der Waals surface area contributed by atoms with Gasteiger partial charge in [0.1, 0.15) is 5.75 Å². The molecule has 2 nitrogen and oxygen atoms in total. The van der Waals surface area contributed by atoms with Crippen molar-refractivity contribution in [2.45, 2.75) is 13.0 Å². The van der Waals surface area contributed by atoms with E-state index in [0.717, 1.165) is 22.9 Å². The minimum Gasteiger partial charge on any atom is -0.497 e. The van der Waals surface area contributed by atoms with Gasteiger partial charge >= 0.3 is 0 Å². The molecule has 2 rings (SSSR count). The van der Waals surface area contributed by atoms with E-state index in [1.165, 1.54) is 6.07 Å². The molecule has 0 spiro atoms. The Morgan fingerprint density at radius 2 is 1.85 bits per heavy atom. The molecule has 0 aliphatic rings. The predicted molar refractivity (Wildman–Crippen MR) is 75.0 cm³/mol. The van der Waals surface area contributed by atoms with Crippen LogP contribution in [0.3, 0.4) is 0 Å². The summed E-state index contributed by atoms with van der Waals surface area (Å²) >= 11 is 0. The van der Waals surface area contributed by atoms with E-state index in [9.17, 15) is 8.78 Å². The number of halogens is 2. The standard InChI is InChI=1S/C16H17F2NO/c1-10-9-11(20-3)7-8-12(10)16(19-2)13-5-4-6-14(17)15(13)18/h4-9,16,19H,1-3H3. The minimum absolute atomic E-state index is 0.292. The first-order valence-electron chi connectivity index (χ1n) is 6.34. The van der Waals surface area contributed by atoms with Gasteiger partial charge in [0.15, 0.2) is 11.6 Å². The molecule has 0 aromatic heterocycles. The van der Waals surface area contributed by atoms with Gasteiger partial charge in [-0.1, -0.05) is 18.2 Å². The third-order valence-corrected chi connectivity index (χ3v) is 3.37. The van der Waals surface area contributed by atoms with Crippen LogP contribution < -0.4 is 10.1 Å². The molecule has 1 atom stereocenters. The molecule has 0 radical (unpaired) electrons. The fraction of sp³-hybridized carbons (Fsp3) is 0.250. The van der Waals surface area contributed by atoms with E-state index in [1.807, 2.05) is 25.1 Å². The molecular weight excluding hydrogens is 260 g/mol. The molecule has 2 aromatic rings. The summed E-state index contributed by atoms with van der Waals surface area (Å²) in [6, 6.07) is 9.35. The average molecular weight is 277 g/mol. The molecule has 0 aliphatic carbocycles. The van der Waals surface area contributed by atoms with Gasteiger partial charge in [-0.15, -0.1) is 0 Å². The van der Waals surface area contributed by atoms with E-state index < -0.39 is 17.7 Å². The third kappa shape index (κ3) is 2.65. The van der Waals surface area contributed by atoms with Gasteiger partial charge in [0, 0.05) is 5.56 Å². The van der Waals surface area contributed by atoms with Gasteiger partial charge in [-0.05, 0) is 43.3 Å². The van der Waals surface area contributed by atoms with Gasteiger partial charge in [-0.25, -0.2) is 8.78 Å². The highest BCUT2D eigenvalue weighted by Crippen LogP contribution is 2.29. The van der Waals surface area contributed by atoms with Crippen LogP contribution in [0.25, 0.3) is 0 Å². The zero-order chi connectivity index (χ0) is 14.7. The van der Waals surface area contributed by atoms with Crippen LogP contribution in [-0.4, -0.2) is 14.2 Å². The van der Waals surface area contributed by atoms with Gasteiger partial charge in [-0.2, -0.15) is 0 Å². The fourth-order valence-electron chi connectivity index (χ4n) is 2.32. The molecular formula is C16H17F2NO. The Bertz CT molecular complexity index is 613. The van der Waals surface area contributed by atoms with Crippen LogP contribution in [0.2, 0.25) is 0 Å². The molecule has 0 aliphatic heterocycles. The first-order valence-corrected chi connectivity index (χ1v) is 6.34. The van der Waals surface area contributed by atoms with Crippen molar-refractivity contribution in [1.29, 1.82) is 0 Å². The Hall–Kier alpha value is -1.94. The fourth-order valence-corrected chi connectivity index (χ4v) is 2.32. The second kappa shape index (κ2) is 6.01. The number of aryl methyl sites for hydroxylation is 1. The molecule has 1 unspecified atom stereocenters. The maximum atomic E-state index is 14.0. The van der Waals surface area contributed by atoms with Gasteiger partial charge in [-0.3, -0.25) is 0 Å². The lowest BCUT2D eigenvalue weighted by atomic mass is 9.94. The molecule has 1 N–H and O–H groups in total. The highest BCUT2D eigenvalue weighted by atomic mass is 19.2. The summed E-state index contributed by atoms with van der Waals surface area (Å²) in [6.07, 6.45) is 0. The molecule has 106 valence electrons. The van der Waals surface area contributed by atoms with E-state index in [-0.39, 0.29) is 0 Å². The summed E-state index contributed by atoms with van der Waals surface area (Å²) < 4.78 is 32.5. The van der Waals surface area contributed by atoms with E-state index in [2.05, 4.69) is 5.32 Å². The molecule has 2 aromatic carbocycles. The second-order valence-electron chi connectivity index (χ2n) is 4.59. The Morgan fingerprint density at radius 3 is 2.45 bits per heavy atom. The monoisotopic (exact) mass is 277 g/mol. The van der Waals surface area contributed by atoms with Gasteiger partial charge in [0.25, 0.3) is 0 Å². The number of benzene rings is 2. The van der Waals surface area contributed by atoms with Crippen molar-refractivity contribution in [3.63, 3.8) is 0 Å². The highest BCUT2D eigenvalue weighted by molar-refractivity contribution is 5.41. The molecule has 0 saturated heterocycles. The van der Waals surface area contributed by atoms with Crippen LogP contribution >= 0.6 is 0 Å². The zero-order valence-electron chi connectivity index (χ0n) is 11.7. The smallest absolute Gasteiger partial charge is 0.163 e. The normalized spacial score (nSPS) is 12.2. The van der Waals surface area contributed by atoms with Gasteiger partial charge in [0.05, 0.1) is 13.2 Å². The molecule has 4 heteroatoms. The van der Waals surface area contributed by atoms with E-state index in [4.69, 9.17) is 4.74 Å². The number of rotatable bonds is 4. The minimum atomic E-state index is -0.839. The van der Waals surface area contributed by atoms with Gasteiger partial charge in [0.2, 0.25) is 0 Å². The highest BCUT2D eigenvalue weighted by Gasteiger charge is 2.20. The molecule has 0 heterocycles. The molecule has 0 bridgehead atoms. The summed E-state index contributed by atoms with van der Waals surface area (Å²) in [6.45, 7) is 1.92. The van der Waals surface area contributed by atoms with Crippen LogP contribution in [0.15, 0.2) is 36.4 Å². The third-order valence-electron chi connectivity index (χ3n) is 3.37.